The lowest BCUT2D eigenvalue weighted by molar-refractivity contribution is 0.0992. The molecule has 0 aliphatic carbocycles. The zero-order valence-electron chi connectivity index (χ0n) is 9.91. The third-order valence-electron chi connectivity index (χ3n) is 2.69. The van der Waals surface area contributed by atoms with Gasteiger partial charge in [-0.2, -0.15) is 0 Å². The Kier molecular flexibility index (Phi) is 3.51. The lowest BCUT2D eigenvalue weighted by Crippen LogP contribution is -2.04. The van der Waals surface area contributed by atoms with Crippen LogP contribution >= 0.6 is 0 Å². The van der Waals surface area contributed by atoms with Crippen molar-refractivity contribution < 1.29 is 13.6 Å². The van der Waals surface area contributed by atoms with Crippen LogP contribution in [0.1, 0.15) is 21.5 Å². The molecule has 2 aromatic carbocycles. The second-order valence-corrected chi connectivity index (χ2v) is 4.22. The molecule has 0 amide bonds. The van der Waals surface area contributed by atoms with Crippen molar-refractivity contribution in [3.8, 4) is 0 Å². The van der Waals surface area contributed by atoms with E-state index in [4.69, 9.17) is 0 Å². The summed E-state index contributed by atoms with van der Waals surface area (Å²) < 4.78 is 25.8. The van der Waals surface area contributed by atoms with E-state index in [0.717, 1.165) is 23.3 Å². The first-order chi connectivity index (χ1) is 8.56. The van der Waals surface area contributed by atoms with Gasteiger partial charge in [-0.25, -0.2) is 8.78 Å². The molecule has 0 aliphatic rings. The standard InChI is InChI=1S/C15H12F2O/c1-10-3-2-4-11(7-10)8-15(18)12-5-6-13(16)14(17)9-12/h2-7,9H,8H2,1H3. The van der Waals surface area contributed by atoms with Crippen molar-refractivity contribution >= 4 is 5.78 Å². The summed E-state index contributed by atoms with van der Waals surface area (Å²) in [4.78, 5) is 11.9. The van der Waals surface area contributed by atoms with E-state index < -0.39 is 11.6 Å². The molecule has 1 nitrogen and oxygen atoms in total. The van der Waals surface area contributed by atoms with Crippen molar-refractivity contribution in [1.82, 2.24) is 0 Å². The van der Waals surface area contributed by atoms with Crippen molar-refractivity contribution in [1.29, 1.82) is 0 Å². The topological polar surface area (TPSA) is 17.1 Å². The largest absolute Gasteiger partial charge is 0.294 e. The van der Waals surface area contributed by atoms with Crippen LogP contribution in [0.15, 0.2) is 42.5 Å². The summed E-state index contributed by atoms with van der Waals surface area (Å²) in [7, 11) is 0. The highest BCUT2D eigenvalue weighted by Crippen LogP contribution is 2.12. The summed E-state index contributed by atoms with van der Waals surface area (Å²) in [5.41, 5.74) is 2.12. The summed E-state index contributed by atoms with van der Waals surface area (Å²) in [6.07, 6.45) is 0.187. The maximum Gasteiger partial charge on any atom is 0.167 e. The molecule has 0 fully saturated rings. The lowest BCUT2D eigenvalue weighted by Gasteiger charge is -2.03. The van der Waals surface area contributed by atoms with E-state index in [1.807, 2.05) is 31.2 Å². The normalized spacial score (nSPS) is 10.4. The predicted molar refractivity (Wildman–Crippen MR) is 65.6 cm³/mol. The van der Waals surface area contributed by atoms with Crippen LogP contribution in [-0.2, 0) is 6.42 Å². The van der Waals surface area contributed by atoms with Gasteiger partial charge in [0.05, 0.1) is 0 Å². The molecular weight excluding hydrogens is 234 g/mol. The fourth-order valence-electron chi connectivity index (χ4n) is 1.78. The molecule has 0 bridgehead atoms. The van der Waals surface area contributed by atoms with Gasteiger partial charge in [-0.3, -0.25) is 4.79 Å². The number of hydrogen-bond donors (Lipinski definition) is 0. The van der Waals surface area contributed by atoms with Gasteiger partial charge in [0, 0.05) is 12.0 Å². The van der Waals surface area contributed by atoms with Crippen molar-refractivity contribution in [2.75, 3.05) is 0 Å². The molecule has 2 rings (SSSR count). The molecular formula is C15H12F2O. The molecule has 0 unspecified atom stereocenters. The molecule has 92 valence electrons. The molecule has 0 atom stereocenters. The summed E-state index contributed by atoms with van der Waals surface area (Å²) in [5, 5.41) is 0. The van der Waals surface area contributed by atoms with Crippen LogP contribution in [0.25, 0.3) is 0 Å². The molecule has 18 heavy (non-hydrogen) atoms. The van der Waals surface area contributed by atoms with E-state index >= 15 is 0 Å². The van der Waals surface area contributed by atoms with E-state index in [1.165, 1.54) is 6.07 Å². The number of ketones is 1. The monoisotopic (exact) mass is 246 g/mol. The van der Waals surface area contributed by atoms with Gasteiger partial charge in [0.2, 0.25) is 0 Å². The molecule has 0 spiro atoms. The number of halogens is 2. The fourth-order valence-corrected chi connectivity index (χ4v) is 1.78. The second-order valence-electron chi connectivity index (χ2n) is 4.22. The van der Waals surface area contributed by atoms with Crippen LogP contribution < -0.4 is 0 Å². The van der Waals surface area contributed by atoms with Gasteiger partial charge in [0.25, 0.3) is 0 Å². The number of rotatable bonds is 3. The molecule has 0 heterocycles. The minimum atomic E-state index is -0.995. The summed E-state index contributed by atoms with van der Waals surface area (Å²) in [6, 6.07) is 10.8. The van der Waals surface area contributed by atoms with Crippen LogP contribution in [0.4, 0.5) is 8.78 Å². The van der Waals surface area contributed by atoms with Gasteiger partial charge in [0.1, 0.15) is 0 Å². The maximum absolute atomic E-state index is 13.0. The van der Waals surface area contributed by atoms with Crippen LogP contribution in [0.5, 0.6) is 0 Å². The van der Waals surface area contributed by atoms with Gasteiger partial charge in [-0.05, 0) is 30.7 Å². The zero-order chi connectivity index (χ0) is 13.1. The Morgan fingerprint density at radius 1 is 1.06 bits per heavy atom. The fraction of sp³-hybridized carbons (Fsp3) is 0.133. The Morgan fingerprint density at radius 2 is 1.83 bits per heavy atom. The Morgan fingerprint density at radius 3 is 2.50 bits per heavy atom. The first kappa shape index (κ1) is 12.4. The Balaban J connectivity index is 2.19. The van der Waals surface area contributed by atoms with Gasteiger partial charge in [-0.1, -0.05) is 29.8 Å². The Hall–Kier alpha value is -2.03. The molecule has 0 aromatic heterocycles. The minimum absolute atomic E-state index is 0.187. The van der Waals surface area contributed by atoms with Crippen molar-refractivity contribution in [2.45, 2.75) is 13.3 Å². The van der Waals surface area contributed by atoms with Crippen molar-refractivity contribution in [3.05, 3.63) is 70.8 Å². The highest BCUT2D eigenvalue weighted by atomic mass is 19.2. The van der Waals surface area contributed by atoms with E-state index in [9.17, 15) is 13.6 Å². The number of aryl methyl sites for hydroxylation is 1. The molecule has 0 N–H and O–H groups in total. The lowest BCUT2D eigenvalue weighted by atomic mass is 10.0. The van der Waals surface area contributed by atoms with Crippen LogP contribution in [0, 0.1) is 18.6 Å². The highest BCUT2D eigenvalue weighted by molar-refractivity contribution is 5.97. The Bertz CT molecular complexity index is 591. The maximum atomic E-state index is 13.0. The van der Waals surface area contributed by atoms with Crippen LogP contribution in [0.2, 0.25) is 0 Å². The van der Waals surface area contributed by atoms with E-state index in [1.54, 1.807) is 0 Å². The van der Waals surface area contributed by atoms with Gasteiger partial charge in [0.15, 0.2) is 17.4 Å². The van der Waals surface area contributed by atoms with E-state index in [2.05, 4.69) is 0 Å². The van der Waals surface area contributed by atoms with Crippen LogP contribution in [-0.4, -0.2) is 5.78 Å². The predicted octanol–water partition coefficient (Wildman–Crippen LogP) is 3.70. The van der Waals surface area contributed by atoms with Crippen molar-refractivity contribution in [3.63, 3.8) is 0 Å². The third-order valence-corrected chi connectivity index (χ3v) is 2.69. The first-order valence-corrected chi connectivity index (χ1v) is 5.60. The second kappa shape index (κ2) is 5.08. The number of carbonyl (C=O) groups is 1. The number of benzene rings is 2. The van der Waals surface area contributed by atoms with Crippen LogP contribution in [0.3, 0.4) is 0 Å². The van der Waals surface area contributed by atoms with E-state index in [-0.39, 0.29) is 17.8 Å². The zero-order valence-corrected chi connectivity index (χ0v) is 9.91. The SMILES string of the molecule is Cc1cccc(CC(=O)c2ccc(F)c(F)c2)c1. The van der Waals surface area contributed by atoms with E-state index in [0.29, 0.717) is 0 Å². The summed E-state index contributed by atoms with van der Waals surface area (Å²) in [5.74, 6) is -2.16. The molecule has 0 radical (unpaired) electrons. The van der Waals surface area contributed by atoms with Gasteiger partial charge >= 0.3 is 0 Å². The smallest absolute Gasteiger partial charge is 0.167 e. The number of Topliss-reactive ketones (excluding diaryl/α,β-unsaturated/α-hetero) is 1. The third kappa shape index (κ3) is 2.80. The van der Waals surface area contributed by atoms with Crippen molar-refractivity contribution in [2.24, 2.45) is 0 Å². The minimum Gasteiger partial charge on any atom is -0.294 e. The molecule has 3 heteroatoms. The molecule has 2 aromatic rings. The summed E-state index contributed by atoms with van der Waals surface area (Å²) in [6.45, 7) is 1.94. The average Bonchev–Trinajstić information content (AvgIpc) is 2.32. The molecule has 0 saturated heterocycles. The number of carbonyl (C=O) groups excluding carboxylic acids is 1. The Labute approximate surface area is 104 Å². The van der Waals surface area contributed by atoms with Gasteiger partial charge < -0.3 is 0 Å². The summed E-state index contributed by atoms with van der Waals surface area (Å²) >= 11 is 0. The quantitative estimate of drug-likeness (QED) is 0.755. The molecule has 0 saturated carbocycles. The average molecular weight is 246 g/mol. The first-order valence-electron chi connectivity index (χ1n) is 5.60. The molecule has 0 aliphatic heterocycles. The highest BCUT2D eigenvalue weighted by Gasteiger charge is 2.10. The van der Waals surface area contributed by atoms with Gasteiger partial charge in [-0.15, -0.1) is 0 Å². The number of hydrogen-bond acceptors (Lipinski definition) is 1.